The van der Waals surface area contributed by atoms with Crippen molar-refractivity contribution in [2.45, 2.75) is 116 Å². The first kappa shape index (κ1) is 22.8. The summed E-state index contributed by atoms with van der Waals surface area (Å²) in [6, 6.07) is 0.984. The summed E-state index contributed by atoms with van der Waals surface area (Å²) in [5.74, 6) is 2.93. The number of nitrogens with zero attached hydrogens (tertiary/aromatic N) is 3. The number of fused-ring (bicyclic) bond motifs is 1. The highest BCUT2D eigenvalue weighted by atomic mass is 15.2. The van der Waals surface area contributed by atoms with Gasteiger partial charge in [-0.3, -0.25) is 0 Å². The fourth-order valence-corrected chi connectivity index (χ4v) is 5.79. The van der Waals surface area contributed by atoms with Crippen molar-refractivity contribution < 1.29 is 0 Å². The molecule has 2 aliphatic carbocycles. The van der Waals surface area contributed by atoms with E-state index in [1.54, 1.807) is 0 Å². The van der Waals surface area contributed by atoms with E-state index in [0.29, 0.717) is 12.1 Å². The number of aryl methyl sites for hydroxylation is 1. The molecular formula is C26H45N5. The van der Waals surface area contributed by atoms with Gasteiger partial charge in [0.1, 0.15) is 5.82 Å². The normalized spacial score (nSPS) is 24.7. The monoisotopic (exact) mass is 427 g/mol. The van der Waals surface area contributed by atoms with Gasteiger partial charge in [0.15, 0.2) is 0 Å². The highest BCUT2D eigenvalue weighted by Crippen LogP contribution is 2.31. The number of anilines is 2. The molecule has 1 aliphatic heterocycles. The minimum Gasteiger partial charge on any atom is -0.356 e. The molecule has 1 saturated heterocycles. The van der Waals surface area contributed by atoms with Crippen molar-refractivity contribution >= 4 is 11.8 Å². The molecule has 4 rings (SSSR count). The van der Waals surface area contributed by atoms with Gasteiger partial charge in [-0.25, -0.2) is 4.98 Å². The number of hydrogen-bond acceptors (Lipinski definition) is 5. The predicted molar refractivity (Wildman–Crippen MR) is 131 cm³/mol. The van der Waals surface area contributed by atoms with Crippen LogP contribution in [0.1, 0.15) is 102 Å². The van der Waals surface area contributed by atoms with Crippen molar-refractivity contribution in [3.63, 3.8) is 0 Å². The molecule has 1 aromatic rings. The van der Waals surface area contributed by atoms with Crippen molar-refractivity contribution in [2.75, 3.05) is 29.9 Å². The lowest BCUT2D eigenvalue weighted by molar-refractivity contribution is 0.316. The largest absolute Gasteiger partial charge is 0.356 e. The van der Waals surface area contributed by atoms with E-state index in [9.17, 15) is 0 Å². The Labute approximate surface area is 190 Å². The number of nitrogens with one attached hydrogen (secondary N) is 2. The van der Waals surface area contributed by atoms with Gasteiger partial charge in [-0.2, -0.15) is 4.98 Å². The third kappa shape index (κ3) is 5.91. The van der Waals surface area contributed by atoms with Gasteiger partial charge in [0, 0.05) is 30.7 Å². The lowest BCUT2D eigenvalue weighted by Crippen LogP contribution is -2.48. The third-order valence-electron chi connectivity index (χ3n) is 7.97. The molecule has 0 bridgehead atoms. The van der Waals surface area contributed by atoms with Crippen LogP contribution in [-0.2, 0) is 12.8 Å². The average molecular weight is 428 g/mol. The second-order valence-electron chi connectivity index (χ2n) is 10.1. The first-order valence-electron chi connectivity index (χ1n) is 13.4. The second-order valence-corrected chi connectivity index (χ2v) is 10.1. The zero-order valence-corrected chi connectivity index (χ0v) is 20.1. The summed E-state index contributed by atoms with van der Waals surface area (Å²) in [6.45, 7) is 8.09. The first-order chi connectivity index (χ1) is 15.3. The number of aromatic nitrogens is 2. The Hall–Kier alpha value is -1.36. The van der Waals surface area contributed by atoms with Crippen LogP contribution in [0.15, 0.2) is 0 Å². The number of rotatable bonds is 8. The van der Waals surface area contributed by atoms with E-state index in [1.807, 2.05) is 0 Å². The molecule has 2 unspecified atom stereocenters. The topological polar surface area (TPSA) is 53.1 Å². The first-order valence-corrected chi connectivity index (χ1v) is 13.4. The van der Waals surface area contributed by atoms with Gasteiger partial charge in [-0.1, -0.05) is 52.4 Å². The lowest BCUT2D eigenvalue weighted by atomic mass is 9.89. The Morgan fingerprint density at radius 1 is 0.839 bits per heavy atom. The van der Waals surface area contributed by atoms with Crippen LogP contribution in [0.2, 0.25) is 0 Å². The molecule has 2 N–H and O–H groups in total. The Morgan fingerprint density at radius 3 is 2.29 bits per heavy atom. The van der Waals surface area contributed by atoms with Gasteiger partial charge in [0.05, 0.1) is 5.69 Å². The summed E-state index contributed by atoms with van der Waals surface area (Å²) in [6.07, 6.45) is 17.8. The molecule has 0 spiro atoms. The maximum Gasteiger partial charge on any atom is 0.225 e. The maximum absolute atomic E-state index is 5.18. The average Bonchev–Trinajstić information content (AvgIpc) is 3.10. The van der Waals surface area contributed by atoms with E-state index in [2.05, 4.69) is 29.4 Å². The summed E-state index contributed by atoms with van der Waals surface area (Å²) in [7, 11) is 0. The molecule has 3 aliphatic rings. The molecule has 2 fully saturated rings. The van der Waals surface area contributed by atoms with Crippen molar-refractivity contribution in [1.29, 1.82) is 0 Å². The molecular weight excluding hydrogens is 382 g/mol. The zero-order chi connectivity index (χ0) is 21.5. The molecule has 2 atom stereocenters. The molecule has 0 radical (unpaired) electrons. The minimum atomic E-state index is 0.446. The lowest BCUT2D eigenvalue weighted by Gasteiger charge is -2.35. The van der Waals surface area contributed by atoms with Gasteiger partial charge < -0.3 is 15.5 Å². The van der Waals surface area contributed by atoms with Crippen LogP contribution in [0.5, 0.6) is 0 Å². The summed E-state index contributed by atoms with van der Waals surface area (Å²) in [5, 5.41) is 7.74. The highest BCUT2D eigenvalue weighted by Gasteiger charge is 2.28. The Bertz CT molecular complexity index is 679. The SMILES string of the molecule is CCC(CC)CNC1CCCCC1Nc1nc2c(c(N3CCCCCC3)n1)CCCC2. The van der Waals surface area contributed by atoms with E-state index < -0.39 is 0 Å². The molecule has 174 valence electrons. The van der Waals surface area contributed by atoms with Gasteiger partial charge in [-0.05, 0) is 63.8 Å². The van der Waals surface area contributed by atoms with E-state index in [-0.39, 0.29) is 0 Å². The maximum atomic E-state index is 5.18. The Morgan fingerprint density at radius 2 is 1.55 bits per heavy atom. The summed E-state index contributed by atoms with van der Waals surface area (Å²) < 4.78 is 0. The summed E-state index contributed by atoms with van der Waals surface area (Å²) >= 11 is 0. The summed E-state index contributed by atoms with van der Waals surface area (Å²) in [4.78, 5) is 12.8. The van der Waals surface area contributed by atoms with Crippen LogP contribution in [0, 0.1) is 5.92 Å². The molecule has 0 amide bonds. The van der Waals surface area contributed by atoms with Crippen molar-refractivity contribution in [3.8, 4) is 0 Å². The van der Waals surface area contributed by atoms with Crippen LogP contribution < -0.4 is 15.5 Å². The van der Waals surface area contributed by atoms with Gasteiger partial charge in [0.2, 0.25) is 5.95 Å². The Balaban J connectivity index is 1.51. The van der Waals surface area contributed by atoms with E-state index in [0.717, 1.165) is 44.3 Å². The standard InChI is InChI=1S/C26H45N5/c1-3-20(4-2)19-27-23-15-9-10-16-24(23)29-26-28-22-14-8-7-13-21(22)25(30-26)31-17-11-5-6-12-18-31/h20,23-24,27H,3-19H2,1-2H3,(H,28,29,30). The van der Waals surface area contributed by atoms with E-state index in [4.69, 9.17) is 9.97 Å². The van der Waals surface area contributed by atoms with Crippen LogP contribution in [0.4, 0.5) is 11.8 Å². The summed E-state index contributed by atoms with van der Waals surface area (Å²) in [5.41, 5.74) is 2.77. The van der Waals surface area contributed by atoms with E-state index >= 15 is 0 Å². The van der Waals surface area contributed by atoms with Gasteiger partial charge in [-0.15, -0.1) is 0 Å². The molecule has 0 aromatic carbocycles. The molecule has 31 heavy (non-hydrogen) atoms. The van der Waals surface area contributed by atoms with Gasteiger partial charge >= 0.3 is 0 Å². The zero-order valence-electron chi connectivity index (χ0n) is 20.1. The van der Waals surface area contributed by atoms with Crippen LogP contribution >= 0.6 is 0 Å². The van der Waals surface area contributed by atoms with Crippen molar-refractivity contribution in [2.24, 2.45) is 5.92 Å². The van der Waals surface area contributed by atoms with E-state index in [1.165, 1.54) is 94.1 Å². The highest BCUT2D eigenvalue weighted by molar-refractivity contribution is 5.54. The van der Waals surface area contributed by atoms with Crippen LogP contribution in [0.25, 0.3) is 0 Å². The van der Waals surface area contributed by atoms with Crippen LogP contribution in [-0.4, -0.2) is 41.7 Å². The third-order valence-corrected chi connectivity index (χ3v) is 7.97. The Kier molecular flexibility index (Phi) is 8.46. The molecule has 2 heterocycles. The number of hydrogen-bond donors (Lipinski definition) is 2. The smallest absolute Gasteiger partial charge is 0.225 e. The van der Waals surface area contributed by atoms with Gasteiger partial charge in [0.25, 0.3) is 0 Å². The fourth-order valence-electron chi connectivity index (χ4n) is 5.79. The van der Waals surface area contributed by atoms with Crippen LogP contribution in [0.3, 0.4) is 0 Å². The molecule has 5 nitrogen and oxygen atoms in total. The minimum absolute atomic E-state index is 0.446. The molecule has 1 saturated carbocycles. The molecule has 1 aromatic heterocycles. The second kappa shape index (κ2) is 11.5. The predicted octanol–water partition coefficient (Wildman–Crippen LogP) is 5.48. The van der Waals surface area contributed by atoms with Crippen molar-refractivity contribution in [3.05, 3.63) is 11.3 Å². The fraction of sp³-hybridized carbons (Fsp3) is 0.846. The van der Waals surface area contributed by atoms with Crippen molar-refractivity contribution in [1.82, 2.24) is 15.3 Å². The quantitative estimate of drug-likeness (QED) is 0.575. The molecule has 5 heteroatoms.